The first-order chi connectivity index (χ1) is 15.9. The van der Waals surface area contributed by atoms with E-state index in [9.17, 15) is 14.7 Å². The number of carbonyl (C=O) groups is 2. The molecule has 1 amide bonds. The van der Waals surface area contributed by atoms with E-state index in [0.717, 1.165) is 33.5 Å². The van der Waals surface area contributed by atoms with Crippen LogP contribution >= 0.6 is 0 Å². The van der Waals surface area contributed by atoms with E-state index in [1.807, 2.05) is 67.5 Å². The molecule has 0 spiro atoms. The number of benzene rings is 3. The molecule has 0 radical (unpaired) electrons. The minimum absolute atomic E-state index is 0.00143. The Hall–Kier alpha value is -3.80. The van der Waals surface area contributed by atoms with Crippen molar-refractivity contribution < 1.29 is 19.4 Å². The molecule has 170 valence electrons. The molecule has 3 aromatic rings. The Balaban J connectivity index is 1.34. The summed E-state index contributed by atoms with van der Waals surface area (Å²) in [7, 11) is 3.90. The van der Waals surface area contributed by atoms with Gasteiger partial charge in [-0.25, -0.2) is 4.79 Å². The maximum atomic E-state index is 12.4. The van der Waals surface area contributed by atoms with Crippen LogP contribution in [0.5, 0.6) is 0 Å². The van der Waals surface area contributed by atoms with Crippen molar-refractivity contribution in [1.29, 1.82) is 0 Å². The van der Waals surface area contributed by atoms with E-state index < -0.39 is 18.0 Å². The molecule has 0 bridgehead atoms. The average molecular weight is 445 g/mol. The summed E-state index contributed by atoms with van der Waals surface area (Å²) in [5.41, 5.74) is 6.54. The number of amides is 1. The van der Waals surface area contributed by atoms with Crippen LogP contribution in [0.3, 0.4) is 0 Å². The fourth-order valence-electron chi connectivity index (χ4n) is 4.32. The molecule has 0 heterocycles. The second-order valence-corrected chi connectivity index (χ2v) is 8.51. The zero-order chi connectivity index (χ0) is 23.4. The van der Waals surface area contributed by atoms with Gasteiger partial charge >= 0.3 is 12.1 Å². The van der Waals surface area contributed by atoms with Gasteiger partial charge < -0.3 is 20.1 Å². The van der Waals surface area contributed by atoms with E-state index in [1.165, 1.54) is 0 Å². The van der Waals surface area contributed by atoms with Gasteiger partial charge in [-0.2, -0.15) is 0 Å². The lowest BCUT2D eigenvalue weighted by Crippen LogP contribution is -2.35. The third-order valence-electron chi connectivity index (χ3n) is 6.12. The third kappa shape index (κ3) is 5.00. The topological polar surface area (TPSA) is 78.9 Å². The Kier molecular flexibility index (Phi) is 6.63. The number of nitrogens with one attached hydrogen (secondary N) is 1. The van der Waals surface area contributed by atoms with Gasteiger partial charge in [-0.3, -0.25) is 4.79 Å². The number of anilines is 1. The number of ether oxygens (including phenoxy) is 1. The van der Waals surface area contributed by atoms with E-state index in [1.54, 1.807) is 0 Å². The SMILES string of the molecule is CN(C)c1ccc(CC(CNC(=O)OCC2c3ccccc3-c3ccccc32)C(=O)O)cc1. The van der Waals surface area contributed by atoms with Crippen molar-refractivity contribution in [3.63, 3.8) is 0 Å². The van der Waals surface area contributed by atoms with E-state index in [-0.39, 0.29) is 19.1 Å². The normalized spacial score (nSPS) is 13.0. The molecule has 1 aliphatic rings. The number of hydrogen-bond donors (Lipinski definition) is 2. The first-order valence-corrected chi connectivity index (χ1v) is 11.0. The summed E-state index contributed by atoms with van der Waals surface area (Å²) in [5, 5.41) is 12.2. The largest absolute Gasteiger partial charge is 0.481 e. The molecule has 0 fully saturated rings. The lowest BCUT2D eigenvalue weighted by atomic mass is 9.98. The molecule has 0 aliphatic heterocycles. The smallest absolute Gasteiger partial charge is 0.407 e. The monoisotopic (exact) mass is 444 g/mol. The summed E-state index contributed by atoms with van der Waals surface area (Å²) < 4.78 is 5.51. The quantitative estimate of drug-likeness (QED) is 0.534. The van der Waals surface area contributed by atoms with Gasteiger partial charge in [0.05, 0.1) is 5.92 Å². The Morgan fingerprint density at radius 3 is 2.06 bits per heavy atom. The van der Waals surface area contributed by atoms with Crippen molar-refractivity contribution in [2.24, 2.45) is 5.92 Å². The molecule has 0 aromatic heterocycles. The number of aliphatic carboxylic acids is 1. The van der Waals surface area contributed by atoms with Gasteiger partial charge in [-0.15, -0.1) is 0 Å². The minimum atomic E-state index is -0.953. The van der Waals surface area contributed by atoms with Crippen molar-refractivity contribution in [3.05, 3.63) is 89.5 Å². The lowest BCUT2D eigenvalue weighted by Gasteiger charge is -2.17. The molecule has 1 aliphatic carbocycles. The summed E-state index contributed by atoms with van der Waals surface area (Å²) in [5.74, 6) is -1.73. The summed E-state index contributed by atoms with van der Waals surface area (Å²) in [6.45, 7) is 0.199. The van der Waals surface area contributed by atoms with Crippen LogP contribution in [0.2, 0.25) is 0 Å². The number of hydrogen-bond acceptors (Lipinski definition) is 4. The summed E-state index contributed by atoms with van der Waals surface area (Å²) in [4.78, 5) is 26.1. The van der Waals surface area contributed by atoms with Crippen molar-refractivity contribution in [1.82, 2.24) is 5.32 Å². The number of nitrogens with zero attached hydrogens (tertiary/aromatic N) is 1. The van der Waals surface area contributed by atoms with E-state index >= 15 is 0 Å². The Morgan fingerprint density at radius 2 is 1.52 bits per heavy atom. The molecule has 2 N–H and O–H groups in total. The van der Waals surface area contributed by atoms with Crippen molar-refractivity contribution in [2.45, 2.75) is 12.3 Å². The predicted octanol–water partition coefficient (Wildman–Crippen LogP) is 4.53. The third-order valence-corrected chi connectivity index (χ3v) is 6.12. The molecule has 1 unspecified atom stereocenters. The number of alkyl carbamates (subject to hydrolysis) is 1. The van der Waals surface area contributed by atoms with E-state index in [0.29, 0.717) is 6.42 Å². The first-order valence-electron chi connectivity index (χ1n) is 11.0. The van der Waals surface area contributed by atoms with Gasteiger partial charge in [0, 0.05) is 32.2 Å². The standard InChI is InChI=1S/C27H28N2O4/c1-29(2)20-13-11-18(12-14-20)15-19(26(30)31)16-28-27(32)33-17-25-23-9-5-3-7-21(23)22-8-4-6-10-24(22)25/h3-14,19,25H,15-17H2,1-2H3,(H,28,32)(H,30,31). The van der Waals surface area contributed by atoms with Crippen molar-refractivity contribution in [2.75, 3.05) is 32.1 Å². The average Bonchev–Trinajstić information content (AvgIpc) is 3.14. The second kappa shape index (κ2) is 9.77. The maximum absolute atomic E-state index is 12.4. The number of fused-ring (bicyclic) bond motifs is 3. The zero-order valence-electron chi connectivity index (χ0n) is 18.8. The van der Waals surface area contributed by atoms with Gasteiger partial charge in [0.15, 0.2) is 0 Å². The molecule has 6 nitrogen and oxygen atoms in total. The van der Waals surface area contributed by atoms with Gasteiger partial charge in [-0.05, 0) is 46.4 Å². The lowest BCUT2D eigenvalue weighted by molar-refractivity contribution is -0.141. The van der Waals surface area contributed by atoms with Crippen LogP contribution in [-0.4, -0.2) is 44.4 Å². The molecule has 3 aromatic carbocycles. The maximum Gasteiger partial charge on any atom is 0.407 e. The van der Waals surface area contributed by atoms with E-state index in [2.05, 4.69) is 29.6 Å². The molecule has 1 atom stereocenters. The zero-order valence-corrected chi connectivity index (χ0v) is 18.8. The fourth-order valence-corrected chi connectivity index (χ4v) is 4.32. The molecular formula is C27H28N2O4. The minimum Gasteiger partial charge on any atom is -0.481 e. The molecule has 4 rings (SSSR count). The highest BCUT2D eigenvalue weighted by Crippen LogP contribution is 2.44. The Labute approximate surface area is 193 Å². The number of carboxylic acid groups (broad SMARTS) is 1. The van der Waals surface area contributed by atoms with Gasteiger partial charge in [0.1, 0.15) is 6.61 Å². The van der Waals surface area contributed by atoms with Crippen molar-refractivity contribution >= 4 is 17.7 Å². The molecule has 0 saturated heterocycles. The molecular weight excluding hydrogens is 416 g/mol. The van der Waals surface area contributed by atoms with Crippen molar-refractivity contribution in [3.8, 4) is 11.1 Å². The second-order valence-electron chi connectivity index (χ2n) is 8.51. The highest BCUT2D eigenvalue weighted by Gasteiger charge is 2.29. The number of rotatable bonds is 8. The predicted molar refractivity (Wildman–Crippen MR) is 129 cm³/mol. The summed E-state index contributed by atoms with van der Waals surface area (Å²) in [6.07, 6.45) is -0.279. The molecule has 33 heavy (non-hydrogen) atoms. The van der Waals surface area contributed by atoms with Crippen LogP contribution in [0.25, 0.3) is 11.1 Å². The van der Waals surface area contributed by atoms with Crippen LogP contribution in [0.4, 0.5) is 10.5 Å². The van der Waals surface area contributed by atoms with Crippen LogP contribution in [0, 0.1) is 5.92 Å². The van der Waals surface area contributed by atoms with Gasteiger partial charge in [0.2, 0.25) is 0 Å². The van der Waals surface area contributed by atoms with Gasteiger partial charge in [-0.1, -0.05) is 60.7 Å². The highest BCUT2D eigenvalue weighted by molar-refractivity contribution is 5.79. The molecule has 0 saturated carbocycles. The Morgan fingerprint density at radius 1 is 0.939 bits per heavy atom. The van der Waals surface area contributed by atoms with E-state index in [4.69, 9.17) is 4.74 Å². The molecule has 6 heteroatoms. The summed E-state index contributed by atoms with van der Waals surface area (Å²) in [6, 6.07) is 24.0. The summed E-state index contributed by atoms with van der Waals surface area (Å²) >= 11 is 0. The Bertz CT molecular complexity index is 1100. The van der Waals surface area contributed by atoms with Crippen LogP contribution < -0.4 is 10.2 Å². The highest BCUT2D eigenvalue weighted by atomic mass is 16.5. The number of carbonyl (C=O) groups excluding carboxylic acids is 1. The fraction of sp³-hybridized carbons (Fsp3) is 0.259. The first kappa shape index (κ1) is 22.4. The van der Waals surface area contributed by atoms with Gasteiger partial charge in [0.25, 0.3) is 0 Å². The van der Waals surface area contributed by atoms with Crippen LogP contribution in [0.15, 0.2) is 72.8 Å². The van der Waals surface area contributed by atoms with Crippen LogP contribution in [-0.2, 0) is 16.0 Å². The number of carboxylic acids is 1. The van der Waals surface area contributed by atoms with Crippen LogP contribution in [0.1, 0.15) is 22.6 Å².